The molecule has 1 fully saturated rings. The van der Waals surface area contributed by atoms with E-state index in [4.69, 9.17) is 9.47 Å². The third-order valence-corrected chi connectivity index (χ3v) is 6.88. The number of carbonyl (C=O) groups excluding carboxylic acids is 1. The third kappa shape index (κ3) is 5.36. The number of hydrogen-bond acceptors (Lipinski definition) is 6. The van der Waals surface area contributed by atoms with Crippen LogP contribution in [-0.4, -0.2) is 39.7 Å². The molecule has 3 rings (SSSR count). The molecule has 1 aliphatic rings. The summed E-state index contributed by atoms with van der Waals surface area (Å²) in [7, 11) is 1.65. The summed E-state index contributed by atoms with van der Waals surface area (Å²) in [4.78, 5) is 12.6. The summed E-state index contributed by atoms with van der Waals surface area (Å²) in [6.45, 7) is 9.47. The van der Waals surface area contributed by atoms with Gasteiger partial charge in [0.25, 0.3) is 0 Å². The molecule has 2 aromatic rings. The summed E-state index contributed by atoms with van der Waals surface area (Å²) in [6, 6.07) is 7.75. The first-order chi connectivity index (χ1) is 14.4. The predicted octanol–water partition coefficient (Wildman–Crippen LogP) is 5.07. The Morgan fingerprint density at radius 1 is 1.23 bits per heavy atom. The number of hydrogen-bond donors (Lipinski definition) is 0. The zero-order valence-corrected chi connectivity index (χ0v) is 19.4. The second-order valence-corrected chi connectivity index (χ2v) is 9.36. The van der Waals surface area contributed by atoms with E-state index in [-0.39, 0.29) is 17.8 Å². The van der Waals surface area contributed by atoms with Gasteiger partial charge in [-0.2, -0.15) is 0 Å². The van der Waals surface area contributed by atoms with Gasteiger partial charge in [0.05, 0.1) is 12.9 Å². The van der Waals surface area contributed by atoms with Crippen LogP contribution in [0.4, 0.5) is 0 Å². The molecule has 1 aliphatic carbocycles. The van der Waals surface area contributed by atoms with Crippen LogP contribution in [0, 0.1) is 17.8 Å². The minimum Gasteiger partial charge on any atom is -0.497 e. The standard InChI is InChI=1S/C23H33N3O3S/c1-6-26-22(17-8-10-18(28-5)11-9-17)24-25-23(26)30-14-21(27)29-20-13-16(4)7-12-19(20)15(2)3/h8-11,15-16,19-20H,6-7,12-14H2,1-5H3/t16-,19+,20+/m0/s1. The molecule has 0 aliphatic heterocycles. The highest BCUT2D eigenvalue weighted by atomic mass is 32.2. The van der Waals surface area contributed by atoms with Gasteiger partial charge < -0.3 is 14.0 Å². The highest BCUT2D eigenvalue weighted by Crippen LogP contribution is 2.35. The lowest BCUT2D eigenvalue weighted by Crippen LogP contribution is -2.36. The molecule has 6 nitrogen and oxygen atoms in total. The highest BCUT2D eigenvalue weighted by molar-refractivity contribution is 7.99. The van der Waals surface area contributed by atoms with Crippen molar-refractivity contribution >= 4 is 17.7 Å². The maximum Gasteiger partial charge on any atom is 0.316 e. The van der Waals surface area contributed by atoms with E-state index in [9.17, 15) is 4.79 Å². The van der Waals surface area contributed by atoms with Crippen LogP contribution in [0.1, 0.15) is 47.0 Å². The van der Waals surface area contributed by atoms with E-state index in [1.807, 2.05) is 28.8 Å². The van der Waals surface area contributed by atoms with E-state index in [1.54, 1.807) is 7.11 Å². The van der Waals surface area contributed by atoms with Gasteiger partial charge >= 0.3 is 5.97 Å². The molecule has 1 saturated carbocycles. The highest BCUT2D eigenvalue weighted by Gasteiger charge is 2.33. The third-order valence-electron chi connectivity index (χ3n) is 5.94. The monoisotopic (exact) mass is 431 g/mol. The first kappa shape index (κ1) is 22.7. The number of thioether (sulfide) groups is 1. The largest absolute Gasteiger partial charge is 0.497 e. The van der Waals surface area contributed by atoms with Crippen molar-refractivity contribution in [1.29, 1.82) is 0 Å². The summed E-state index contributed by atoms with van der Waals surface area (Å²) >= 11 is 1.39. The number of benzene rings is 1. The topological polar surface area (TPSA) is 66.2 Å². The first-order valence-corrected chi connectivity index (χ1v) is 11.8. The van der Waals surface area contributed by atoms with E-state index in [1.165, 1.54) is 18.2 Å². The molecule has 0 unspecified atom stereocenters. The zero-order valence-electron chi connectivity index (χ0n) is 18.6. The van der Waals surface area contributed by atoms with E-state index in [0.29, 0.717) is 17.8 Å². The fraction of sp³-hybridized carbons (Fsp3) is 0.609. The van der Waals surface area contributed by atoms with Crippen LogP contribution < -0.4 is 4.74 Å². The van der Waals surface area contributed by atoms with Crippen LogP contribution >= 0.6 is 11.8 Å². The molecule has 0 radical (unpaired) electrons. The average Bonchev–Trinajstić information content (AvgIpc) is 3.15. The number of methoxy groups -OCH3 is 1. The van der Waals surface area contributed by atoms with Crippen LogP contribution in [0.25, 0.3) is 11.4 Å². The normalized spacial score (nSPS) is 21.6. The Bertz CT molecular complexity index is 835. The zero-order chi connectivity index (χ0) is 21.7. The van der Waals surface area contributed by atoms with Gasteiger partial charge in [-0.25, -0.2) is 0 Å². The van der Waals surface area contributed by atoms with Crippen molar-refractivity contribution in [2.45, 2.75) is 64.8 Å². The van der Waals surface area contributed by atoms with Crippen molar-refractivity contribution in [3.05, 3.63) is 24.3 Å². The molecule has 7 heteroatoms. The van der Waals surface area contributed by atoms with Gasteiger partial charge in [-0.1, -0.05) is 39.0 Å². The molecule has 1 heterocycles. The van der Waals surface area contributed by atoms with Crippen molar-refractivity contribution in [1.82, 2.24) is 14.8 Å². The molecular weight excluding hydrogens is 398 g/mol. The van der Waals surface area contributed by atoms with E-state index in [2.05, 4.69) is 37.9 Å². The Hall–Kier alpha value is -2.02. The summed E-state index contributed by atoms with van der Waals surface area (Å²) < 4.78 is 13.2. The second-order valence-electron chi connectivity index (χ2n) is 8.42. The lowest BCUT2D eigenvalue weighted by atomic mass is 9.75. The van der Waals surface area contributed by atoms with Gasteiger partial charge in [-0.3, -0.25) is 4.79 Å². The second kappa shape index (κ2) is 10.3. The van der Waals surface area contributed by atoms with Gasteiger partial charge in [-0.05, 0) is 61.8 Å². The number of esters is 1. The number of nitrogens with zero attached hydrogens (tertiary/aromatic N) is 3. The predicted molar refractivity (Wildman–Crippen MR) is 120 cm³/mol. The molecule has 30 heavy (non-hydrogen) atoms. The van der Waals surface area contributed by atoms with Crippen molar-refractivity contribution in [2.75, 3.05) is 12.9 Å². The van der Waals surface area contributed by atoms with E-state index < -0.39 is 0 Å². The summed E-state index contributed by atoms with van der Waals surface area (Å²) in [5.74, 6) is 3.26. The van der Waals surface area contributed by atoms with E-state index >= 15 is 0 Å². The molecule has 0 spiro atoms. The number of rotatable bonds is 8. The maximum absolute atomic E-state index is 12.6. The molecule has 164 valence electrons. The smallest absolute Gasteiger partial charge is 0.316 e. The van der Waals surface area contributed by atoms with Gasteiger partial charge in [0.1, 0.15) is 11.9 Å². The summed E-state index contributed by atoms with van der Waals surface area (Å²) in [5, 5.41) is 9.40. The Kier molecular flexibility index (Phi) is 7.81. The summed E-state index contributed by atoms with van der Waals surface area (Å²) in [6.07, 6.45) is 3.35. The van der Waals surface area contributed by atoms with Crippen molar-refractivity contribution in [3.63, 3.8) is 0 Å². The van der Waals surface area contributed by atoms with Crippen molar-refractivity contribution in [3.8, 4) is 17.1 Å². The lowest BCUT2D eigenvalue weighted by molar-refractivity contribution is -0.152. The molecule has 0 N–H and O–H groups in total. The maximum atomic E-state index is 12.6. The van der Waals surface area contributed by atoms with Gasteiger partial charge in [-0.15, -0.1) is 10.2 Å². The fourth-order valence-electron chi connectivity index (χ4n) is 4.21. The van der Waals surface area contributed by atoms with Crippen molar-refractivity contribution < 1.29 is 14.3 Å². The summed E-state index contributed by atoms with van der Waals surface area (Å²) in [5.41, 5.74) is 0.968. The molecular formula is C23H33N3O3S. The SMILES string of the molecule is CCn1c(SCC(=O)O[C@@H]2C[C@@H](C)CC[C@@H]2C(C)C)nnc1-c1ccc(OC)cc1. The van der Waals surface area contributed by atoms with E-state index in [0.717, 1.165) is 41.7 Å². The van der Waals surface area contributed by atoms with Crippen LogP contribution in [0.5, 0.6) is 5.75 Å². The molecule has 1 aromatic carbocycles. The minimum atomic E-state index is -0.165. The number of carbonyl (C=O) groups is 1. The van der Waals surface area contributed by atoms with Crippen LogP contribution in [-0.2, 0) is 16.1 Å². The molecule has 3 atom stereocenters. The Balaban J connectivity index is 1.63. The van der Waals surface area contributed by atoms with Gasteiger partial charge in [0, 0.05) is 12.1 Å². The average molecular weight is 432 g/mol. The van der Waals surface area contributed by atoms with Crippen LogP contribution in [0.15, 0.2) is 29.4 Å². The fourth-order valence-corrected chi connectivity index (χ4v) is 5.00. The Labute approximate surface area is 183 Å². The van der Waals surface area contributed by atoms with Gasteiger partial charge in [0.15, 0.2) is 11.0 Å². The number of ether oxygens (including phenoxy) is 2. The number of aromatic nitrogens is 3. The molecule has 0 saturated heterocycles. The molecule has 0 amide bonds. The minimum absolute atomic E-state index is 0.0285. The van der Waals surface area contributed by atoms with Crippen molar-refractivity contribution in [2.24, 2.45) is 17.8 Å². The Morgan fingerprint density at radius 2 is 1.97 bits per heavy atom. The quantitative estimate of drug-likeness (QED) is 0.429. The first-order valence-electron chi connectivity index (χ1n) is 10.8. The molecule has 1 aromatic heterocycles. The lowest BCUT2D eigenvalue weighted by Gasteiger charge is -2.36. The van der Waals surface area contributed by atoms with Crippen LogP contribution in [0.3, 0.4) is 0 Å². The van der Waals surface area contributed by atoms with Gasteiger partial charge in [0.2, 0.25) is 0 Å². The molecule has 0 bridgehead atoms. The Morgan fingerprint density at radius 3 is 2.60 bits per heavy atom. The van der Waals surface area contributed by atoms with Crippen LogP contribution in [0.2, 0.25) is 0 Å².